The Morgan fingerprint density at radius 1 is 1.56 bits per heavy atom. The van der Waals surface area contributed by atoms with E-state index in [1.54, 1.807) is 0 Å². The lowest BCUT2D eigenvalue weighted by Gasteiger charge is -2.08. The summed E-state index contributed by atoms with van der Waals surface area (Å²) in [4.78, 5) is 14.7. The van der Waals surface area contributed by atoms with Crippen molar-refractivity contribution in [3.8, 4) is 5.75 Å². The number of carbonyl (C=O) groups is 1. The number of ketones is 1. The van der Waals surface area contributed by atoms with E-state index in [-0.39, 0.29) is 11.3 Å². The standard InChI is InChI=1S/C10H10ClF2NO2/c1-2-3-16-8-4-7(5-14-6-8)9(15)10(11,12)13/h4-6H,2-3H2,1H3. The average Bonchev–Trinajstić information content (AvgIpc) is 2.24. The third-order valence-corrected chi connectivity index (χ3v) is 1.88. The first-order valence-electron chi connectivity index (χ1n) is 4.64. The van der Waals surface area contributed by atoms with E-state index in [0.29, 0.717) is 6.61 Å². The molecule has 0 bridgehead atoms. The number of hydrogen-bond acceptors (Lipinski definition) is 3. The van der Waals surface area contributed by atoms with Crippen LogP contribution in [0.25, 0.3) is 0 Å². The molecule has 0 fully saturated rings. The first-order valence-corrected chi connectivity index (χ1v) is 5.02. The molecule has 6 heteroatoms. The molecule has 1 aromatic rings. The summed E-state index contributed by atoms with van der Waals surface area (Å²) in [7, 11) is 0. The Morgan fingerprint density at radius 2 is 2.25 bits per heavy atom. The summed E-state index contributed by atoms with van der Waals surface area (Å²) in [5.41, 5.74) is -0.270. The van der Waals surface area contributed by atoms with Crippen LogP contribution < -0.4 is 4.74 Å². The Balaban J connectivity index is 2.86. The van der Waals surface area contributed by atoms with Crippen LogP contribution in [-0.4, -0.2) is 22.8 Å². The van der Waals surface area contributed by atoms with Crippen molar-refractivity contribution in [1.29, 1.82) is 0 Å². The molecule has 0 amide bonds. The molecule has 1 heterocycles. The van der Waals surface area contributed by atoms with Crippen LogP contribution in [0.2, 0.25) is 0 Å². The van der Waals surface area contributed by atoms with Crippen molar-refractivity contribution in [1.82, 2.24) is 4.98 Å². The van der Waals surface area contributed by atoms with E-state index in [9.17, 15) is 13.6 Å². The number of rotatable bonds is 5. The zero-order valence-electron chi connectivity index (χ0n) is 8.54. The van der Waals surface area contributed by atoms with Gasteiger partial charge in [0.2, 0.25) is 5.78 Å². The van der Waals surface area contributed by atoms with Gasteiger partial charge >= 0.3 is 5.38 Å². The molecule has 16 heavy (non-hydrogen) atoms. The van der Waals surface area contributed by atoms with Gasteiger partial charge in [-0.1, -0.05) is 6.92 Å². The molecule has 0 saturated heterocycles. The normalized spacial score (nSPS) is 11.2. The number of aromatic nitrogens is 1. The lowest BCUT2D eigenvalue weighted by Crippen LogP contribution is -2.21. The summed E-state index contributed by atoms with van der Waals surface area (Å²) in [6.45, 7) is 2.33. The van der Waals surface area contributed by atoms with Gasteiger partial charge in [-0.2, -0.15) is 8.78 Å². The van der Waals surface area contributed by atoms with E-state index in [2.05, 4.69) is 16.6 Å². The average molecular weight is 250 g/mol. The van der Waals surface area contributed by atoms with Crippen molar-refractivity contribution < 1.29 is 18.3 Å². The summed E-state index contributed by atoms with van der Waals surface area (Å²) < 4.78 is 30.2. The highest BCUT2D eigenvalue weighted by molar-refractivity contribution is 6.35. The molecule has 1 rings (SSSR count). The number of hydrogen-bond donors (Lipinski definition) is 0. The van der Waals surface area contributed by atoms with Crippen LogP contribution >= 0.6 is 11.6 Å². The summed E-state index contributed by atoms with van der Waals surface area (Å²) in [6, 6.07) is 1.20. The van der Waals surface area contributed by atoms with Crippen molar-refractivity contribution in [2.45, 2.75) is 18.7 Å². The first-order chi connectivity index (χ1) is 7.45. The van der Waals surface area contributed by atoms with Gasteiger partial charge in [-0.3, -0.25) is 9.78 Å². The topological polar surface area (TPSA) is 39.2 Å². The molecule has 0 saturated carbocycles. The summed E-state index contributed by atoms with van der Waals surface area (Å²) in [5, 5.41) is -3.91. The monoisotopic (exact) mass is 249 g/mol. The first kappa shape index (κ1) is 12.8. The Morgan fingerprint density at radius 3 is 2.81 bits per heavy atom. The predicted octanol–water partition coefficient (Wildman–Crippen LogP) is 2.88. The van der Waals surface area contributed by atoms with E-state index in [4.69, 9.17) is 4.74 Å². The number of halogens is 3. The maximum absolute atomic E-state index is 12.5. The smallest absolute Gasteiger partial charge is 0.384 e. The van der Waals surface area contributed by atoms with E-state index in [1.165, 1.54) is 12.3 Å². The Hall–Kier alpha value is -1.23. The van der Waals surface area contributed by atoms with Crippen molar-refractivity contribution in [3.05, 3.63) is 24.0 Å². The van der Waals surface area contributed by atoms with Crippen molar-refractivity contribution >= 4 is 17.4 Å². The zero-order chi connectivity index (χ0) is 12.2. The van der Waals surface area contributed by atoms with Crippen molar-refractivity contribution in [2.75, 3.05) is 6.61 Å². The minimum atomic E-state index is -3.91. The third-order valence-electron chi connectivity index (χ3n) is 1.71. The van der Waals surface area contributed by atoms with Gasteiger partial charge in [0.15, 0.2) is 0 Å². The lowest BCUT2D eigenvalue weighted by molar-refractivity contribution is 0.0535. The SMILES string of the molecule is CCCOc1cncc(C(=O)C(F)(F)Cl)c1. The molecule has 3 nitrogen and oxygen atoms in total. The molecule has 0 aliphatic heterocycles. The van der Waals surface area contributed by atoms with Gasteiger partial charge in [-0.15, -0.1) is 0 Å². The Kier molecular flexibility index (Phi) is 4.18. The van der Waals surface area contributed by atoms with Crippen LogP contribution in [0.5, 0.6) is 5.75 Å². The molecule has 0 spiro atoms. The van der Waals surface area contributed by atoms with Crippen LogP contribution in [-0.2, 0) is 0 Å². The van der Waals surface area contributed by atoms with Gasteiger partial charge in [0.25, 0.3) is 0 Å². The van der Waals surface area contributed by atoms with Gasteiger partial charge < -0.3 is 4.74 Å². The van der Waals surface area contributed by atoms with Gasteiger partial charge in [-0.25, -0.2) is 0 Å². The summed E-state index contributed by atoms with van der Waals surface area (Å²) in [5.74, 6) is -1.21. The minimum Gasteiger partial charge on any atom is -0.492 e. The number of ether oxygens (including phenoxy) is 1. The molecule has 88 valence electrons. The second-order valence-electron chi connectivity index (χ2n) is 3.08. The largest absolute Gasteiger partial charge is 0.492 e. The minimum absolute atomic E-state index is 0.270. The summed E-state index contributed by atoms with van der Waals surface area (Å²) in [6.07, 6.45) is 3.14. The fourth-order valence-electron chi connectivity index (χ4n) is 1.01. The van der Waals surface area contributed by atoms with Crippen LogP contribution in [0.4, 0.5) is 8.78 Å². The zero-order valence-corrected chi connectivity index (χ0v) is 9.30. The van der Waals surface area contributed by atoms with Crippen LogP contribution in [0, 0.1) is 0 Å². The van der Waals surface area contributed by atoms with E-state index in [1.807, 2.05) is 6.92 Å². The highest BCUT2D eigenvalue weighted by Gasteiger charge is 2.36. The van der Waals surface area contributed by atoms with E-state index < -0.39 is 11.2 Å². The number of carbonyl (C=O) groups excluding carboxylic acids is 1. The highest BCUT2D eigenvalue weighted by atomic mass is 35.5. The molecule has 0 aliphatic rings. The maximum atomic E-state index is 12.5. The number of Topliss-reactive ketones (excluding diaryl/α,β-unsaturated/α-hetero) is 1. The van der Waals surface area contributed by atoms with Gasteiger partial charge in [0.05, 0.1) is 12.8 Å². The second-order valence-corrected chi connectivity index (χ2v) is 3.56. The number of alkyl halides is 3. The summed E-state index contributed by atoms with van der Waals surface area (Å²) >= 11 is 4.62. The van der Waals surface area contributed by atoms with Gasteiger partial charge in [0, 0.05) is 11.8 Å². The molecule has 0 N–H and O–H groups in total. The molecule has 1 aromatic heterocycles. The van der Waals surface area contributed by atoms with Crippen LogP contribution in [0.3, 0.4) is 0 Å². The fourth-order valence-corrected chi connectivity index (χ4v) is 1.11. The molecule has 0 radical (unpaired) electrons. The molecular weight excluding hydrogens is 240 g/mol. The van der Waals surface area contributed by atoms with Crippen LogP contribution in [0.15, 0.2) is 18.5 Å². The quantitative estimate of drug-likeness (QED) is 0.595. The van der Waals surface area contributed by atoms with E-state index >= 15 is 0 Å². The molecule has 0 unspecified atom stereocenters. The number of nitrogens with zero attached hydrogens (tertiary/aromatic N) is 1. The van der Waals surface area contributed by atoms with Crippen LogP contribution in [0.1, 0.15) is 23.7 Å². The second kappa shape index (κ2) is 5.21. The lowest BCUT2D eigenvalue weighted by atomic mass is 10.2. The Bertz CT molecular complexity index is 379. The molecule has 0 aromatic carbocycles. The van der Waals surface area contributed by atoms with Gasteiger partial charge in [-0.05, 0) is 24.1 Å². The predicted molar refractivity (Wildman–Crippen MR) is 55.2 cm³/mol. The Labute approximate surface area is 96.4 Å². The highest BCUT2D eigenvalue weighted by Crippen LogP contribution is 2.25. The van der Waals surface area contributed by atoms with Gasteiger partial charge in [0.1, 0.15) is 5.75 Å². The van der Waals surface area contributed by atoms with Crippen molar-refractivity contribution in [2.24, 2.45) is 0 Å². The van der Waals surface area contributed by atoms with Crippen molar-refractivity contribution in [3.63, 3.8) is 0 Å². The molecular formula is C10H10ClF2NO2. The molecule has 0 atom stereocenters. The van der Waals surface area contributed by atoms with E-state index in [0.717, 1.165) is 12.6 Å². The number of pyridine rings is 1. The molecule has 0 aliphatic carbocycles. The maximum Gasteiger partial charge on any atom is 0.384 e. The third kappa shape index (κ3) is 3.41. The fraction of sp³-hybridized carbons (Fsp3) is 0.400.